The molecule has 10 heteroatoms. The summed E-state index contributed by atoms with van der Waals surface area (Å²) in [7, 11) is -3.92. The number of nitrogens with one attached hydrogen (secondary N) is 1. The molecule has 38 heavy (non-hydrogen) atoms. The third kappa shape index (κ3) is 6.33. The first-order chi connectivity index (χ1) is 18.3. The van der Waals surface area contributed by atoms with Crippen LogP contribution in [0.15, 0.2) is 41.3 Å². The fraction of sp³-hybridized carbons (Fsp3) is 0.571. The topological polar surface area (TPSA) is 90.0 Å². The average Bonchev–Trinajstić information content (AvgIpc) is 2.91. The average molecular weight is 561 g/mol. The van der Waals surface area contributed by atoms with Gasteiger partial charge in [0.1, 0.15) is 6.04 Å². The summed E-state index contributed by atoms with van der Waals surface area (Å²) >= 11 is 6.04. The molecule has 1 N–H and O–H groups in total. The number of sulfonamides is 1. The summed E-state index contributed by atoms with van der Waals surface area (Å²) in [5.74, 6) is -0.359. The zero-order valence-electron chi connectivity index (χ0n) is 21.8. The maximum atomic E-state index is 13.4. The quantitative estimate of drug-likeness (QED) is 0.558. The third-order valence-electron chi connectivity index (χ3n) is 8.10. The maximum Gasteiger partial charge on any atom is 0.242 e. The predicted octanol–water partition coefficient (Wildman–Crippen LogP) is 3.63. The SMILES string of the molecule is O=C1[C@@H](NS(=O)(=O)c2ccc3cc(Cl)ccc3c2)CCCN1CC(=O)N1CCCCC1CN1CCCCC1. The second kappa shape index (κ2) is 11.9. The van der Waals surface area contributed by atoms with Gasteiger partial charge in [0.25, 0.3) is 0 Å². The van der Waals surface area contributed by atoms with Gasteiger partial charge in [-0.25, -0.2) is 8.42 Å². The molecule has 0 aliphatic carbocycles. The van der Waals surface area contributed by atoms with Crippen LogP contribution in [0.1, 0.15) is 51.4 Å². The lowest BCUT2D eigenvalue weighted by Crippen LogP contribution is -2.57. The number of rotatable bonds is 7. The predicted molar refractivity (Wildman–Crippen MR) is 149 cm³/mol. The van der Waals surface area contributed by atoms with E-state index >= 15 is 0 Å². The highest BCUT2D eigenvalue weighted by Crippen LogP contribution is 2.24. The normalized spacial score (nSPS) is 23.7. The zero-order valence-corrected chi connectivity index (χ0v) is 23.4. The monoisotopic (exact) mass is 560 g/mol. The second-order valence-corrected chi connectivity index (χ2v) is 13.0. The molecule has 0 spiro atoms. The van der Waals surface area contributed by atoms with Gasteiger partial charge in [0.2, 0.25) is 21.8 Å². The molecule has 3 aliphatic heterocycles. The lowest BCUT2D eigenvalue weighted by molar-refractivity contribution is -0.145. The Hall–Kier alpha value is -2.20. The standard InChI is InChI=1S/C28H37ClN4O4S/c29-23-11-9-22-18-25(12-10-21(22)17-23)38(36,37)30-26-8-6-15-32(28(26)35)20-27(34)33-16-5-2-7-24(33)19-31-13-3-1-4-14-31/h9-12,17-18,24,26,30H,1-8,13-16,19-20H2/t24?,26-/m0/s1. The van der Waals surface area contributed by atoms with Crippen molar-refractivity contribution in [3.05, 3.63) is 41.4 Å². The molecule has 1 unspecified atom stereocenters. The van der Waals surface area contributed by atoms with Crippen LogP contribution in [0.25, 0.3) is 10.8 Å². The van der Waals surface area contributed by atoms with E-state index in [0.29, 0.717) is 24.4 Å². The maximum absolute atomic E-state index is 13.4. The van der Waals surface area contributed by atoms with Gasteiger partial charge in [-0.1, -0.05) is 30.2 Å². The van der Waals surface area contributed by atoms with E-state index in [1.54, 1.807) is 30.3 Å². The first kappa shape index (κ1) is 27.4. The number of hydrogen-bond donors (Lipinski definition) is 1. The Labute approximate surface area is 230 Å². The molecule has 3 heterocycles. The Morgan fingerprint density at radius 1 is 0.895 bits per heavy atom. The van der Waals surface area contributed by atoms with Crippen LogP contribution in [0.2, 0.25) is 5.02 Å². The van der Waals surface area contributed by atoms with Crippen molar-refractivity contribution in [3.8, 4) is 0 Å². The van der Waals surface area contributed by atoms with Crippen molar-refractivity contribution in [2.24, 2.45) is 0 Å². The van der Waals surface area contributed by atoms with Crippen molar-refractivity contribution in [1.82, 2.24) is 19.4 Å². The molecule has 0 radical (unpaired) electrons. The molecule has 206 valence electrons. The lowest BCUT2D eigenvalue weighted by Gasteiger charge is -2.41. The number of carbonyl (C=O) groups excluding carboxylic acids is 2. The molecule has 3 saturated heterocycles. The molecule has 2 amide bonds. The van der Waals surface area contributed by atoms with Crippen LogP contribution in [0.3, 0.4) is 0 Å². The highest BCUT2D eigenvalue weighted by atomic mass is 35.5. The lowest BCUT2D eigenvalue weighted by atomic mass is 10.00. The van der Waals surface area contributed by atoms with E-state index in [1.165, 1.54) is 30.2 Å². The summed E-state index contributed by atoms with van der Waals surface area (Å²) in [5.41, 5.74) is 0. The summed E-state index contributed by atoms with van der Waals surface area (Å²) in [4.78, 5) is 32.8. The van der Waals surface area contributed by atoms with Crippen LogP contribution in [-0.2, 0) is 19.6 Å². The first-order valence-corrected chi connectivity index (χ1v) is 15.7. The third-order valence-corrected chi connectivity index (χ3v) is 9.81. The van der Waals surface area contributed by atoms with Gasteiger partial charge >= 0.3 is 0 Å². The fourth-order valence-corrected chi connectivity index (χ4v) is 7.48. The minimum atomic E-state index is -3.92. The Balaban J connectivity index is 1.23. The summed E-state index contributed by atoms with van der Waals surface area (Å²) in [6.45, 7) is 4.28. The van der Waals surface area contributed by atoms with Gasteiger partial charge in [0.05, 0.1) is 11.4 Å². The number of benzene rings is 2. The highest BCUT2D eigenvalue weighted by molar-refractivity contribution is 7.89. The van der Waals surface area contributed by atoms with E-state index in [9.17, 15) is 18.0 Å². The molecule has 3 aliphatic rings. The van der Waals surface area contributed by atoms with Crippen molar-refractivity contribution in [3.63, 3.8) is 0 Å². The molecular weight excluding hydrogens is 524 g/mol. The number of amides is 2. The largest absolute Gasteiger partial charge is 0.337 e. The summed E-state index contributed by atoms with van der Waals surface area (Å²) in [6, 6.07) is 9.39. The van der Waals surface area contributed by atoms with Crippen LogP contribution < -0.4 is 4.72 Å². The molecule has 5 rings (SSSR count). The first-order valence-electron chi connectivity index (χ1n) is 13.8. The minimum Gasteiger partial charge on any atom is -0.337 e. The van der Waals surface area contributed by atoms with Crippen molar-refractivity contribution < 1.29 is 18.0 Å². The van der Waals surface area contributed by atoms with Gasteiger partial charge in [0, 0.05) is 30.7 Å². The molecule has 2 atom stereocenters. The number of carbonyl (C=O) groups is 2. The summed E-state index contributed by atoms with van der Waals surface area (Å²) in [6.07, 6.45) is 7.86. The highest BCUT2D eigenvalue weighted by Gasteiger charge is 2.36. The van der Waals surface area contributed by atoms with E-state index in [0.717, 1.165) is 56.2 Å². The van der Waals surface area contributed by atoms with Crippen molar-refractivity contribution in [2.75, 3.05) is 39.3 Å². The number of piperidine rings is 3. The van der Waals surface area contributed by atoms with E-state index in [4.69, 9.17) is 11.6 Å². The molecule has 3 fully saturated rings. The Bertz CT molecular complexity index is 1280. The van der Waals surface area contributed by atoms with Gasteiger partial charge in [-0.15, -0.1) is 0 Å². The molecule has 0 aromatic heterocycles. The molecular formula is C28H37ClN4O4S. The molecule has 8 nitrogen and oxygen atoms in total. The Kier molecular flexibility index (Phi) is 8.57. The van der Waals surface area contributed by atoms with Crippen LogP contribution in [-0.4, -0.2) is 86.3 Å². The summed E-state index contributed by atoms with van der Waals surface area (Å²) in [5, 5.41) is 2.17. The van der Waals surface area contributed by atoms with Gasteiger partial charge in [0.15, 0.2) is 0 Å². The van der Waals surface area contributed by atoms with Crippen LogP contribution in [0, 0.1) is 0 Å². The molecule has 0 saturated carbocycles. The second-order valence-electron chi connectivity index (χ2n) is 10.8. The van der Waals surface area contributed by atoms with E-state index in [1.807, 2.05) is 4.90 Å². The Morgan fingerprint density at radius 3 is 2.45 bits per heavy atom. The van der Waals surface area contributed by atoms with Crippen molar-refractivity contribution in [2.45, 2.75) is 68.3 Å². The van der Waals surface area contributed by atoms with Gasteiger partial charge in [-0.3, -0.25) is 9.59 Å². The van der Waals surface area contributed by atoms with E-state index < -0.39 is 16.1 Å². The summed E-state index contributed by atoms with van der Waals surface area (Å²) < 4.78 is 29.0. The van der Waals surface area contributed by atoms with Gasteiger partial charge in [-0.2, -0.15) is 4.72 Å². The molecule has 2 aromatic rings. The smallest absolute Gasteiger partial charge is 0.242 e. The minimum absolute atomic E-state index is 0.00426. The van der Waals surface area contributed by atoms with Crippen LogP contribution in [0.5, 0.6) is 0 Å². The number of hydrogen-bond acceptors (Lipinski definition) is 5. The van der Waals surface area contributed by atoms with Gasteiger partial charge < -0.3 is 14.7 Å². The molecule has 2 aromatic carbocycles. The molecule has 0 bridgehead atoms. The number of nitrogens with zero attached hydrogens (tertiary/aromatic N) is 3. The fourth-order valence-electron chi connectivity index (χ4n) is 6.04. The zero-order chi connectivity index (χ0) is 26.7. The van der Waals surface area contributed by atoms with Crippen LogP contribution >= 0.6 is 11.6 Å². The van der Waals surface area contributed by atoms with Crippen molar-refractivity contribution >= 4 is 44.2 Å². The number of fused-ring (bicyclic) bond motifs is 1. The number of halogens is 1. The van der Waals surface area contributed by atoms with Crippen LogP contribution in [0.4, 0.5) is 0 Å². The van der Waals surface area contributed by atoms with E-state index in [-0.39, 0.29) is 29.3 Å². The van der Waals surface area contributed by atoms with E-state index in [2.05, 4.69) is 9.62 Å². The van der Waals surface area contributed by atoms with Gasteiger partial charge in [-0.05, 0) is 93.1 Å². The van der Waals surface area contributed by atoms with Crippen molar-refractivity contribution in [1.29, 1.82) is 0 Å². The Morgan fingerprint density at radius 2 is 1.63 bits per heavy atom. The number of likely N-dealkylation sites (tertiary alicyclic amines) is 3.